The van der Waals surface area contributed by atoms with Crippen LogP contribution in [0.4, 0.5) is 30.6 Å². The van der Waals surface area contributed by atoms with Crippen molar-refractivity contribution in [3.63, 3.8) is 0 Å². The summed E-state index contributed by atoms with van der Waals surface area (Å²) in [6, 6.07) is 7.52. The molecule has 2 bridgehead atoms. The van der Waals surface area contributed by atoms with Crippen molar-refractivity contribution in [2.45, 2.75) is 87.9 Å². The van der Waals surface area contributed by atoms with Crippen LogP contribution >= 0.6 is 0 Å². The summed E-state index contributed by atoms with van der Waals surface area (Å²) in [5, 5.41) is 6.19. The highest BCUT2D eigenvalue weighted by Crippen LogP contribution is 2.46. The molecule has 1 aromatic heterocycles. The maximum absolute atomic E-state index is 13.9. The minimum Gasteiger partial charge on any atom is -0.369 e. The third kappa shape index (κ3) is 7.70. The van der Waals surface area contributed by atoms with E-state index in [2.05, 4.69) is 60.5 Å². The number of carbonyl (C=O) groups excluding carboxylic acids is 1. The monoisotopic (exact) mass is 654 g/mol. The molecule has 9 nitrogen and oxygen atoms in total. The number of piperidine rings is 3. The number of nitrogens with one attached hydrogen (secondary N) is 2. The maximum Gasteiger partial charge on any atom is 0.421 e. The van der Waals surface area contributed by atoms with Crippen LogP contribution in [0.15, 0.2) is 24.4 Å². The van der Waals surface area contributed by atoms with Crippen LogP contribution in [-0.4, -0.2) is 114 Å². The molecule has 2 aromatic rings. The standard InChI is InChI=1S/C35H49F3N8O/c1-43-15-9-27(10-16-43)45-19-7-24(8-20-45)26-5-6-31(29(21-26)25-3-4-25)41-34-40-22-30(35(36,37)38)33(42-34)39-13-2-14-46-28-11-17-44(18-12-28)23-32(46)47/h5-6,21-22,24-25,27-28H,2-4,7-20,23H2,1H3,(H2,39,40,41,42). The molecule has 256 valence electrons. The van der Waals surface area contributed by atoms with Gasteiger partial charge in [0.05, 0.1) is 6.54 Å². The number of alkyl halides is 3. The van der Waals surface area contributed by atoms with Gasteiger partial charge in [0.2, 0.25) is 11.9 Å². The molecule has 0 radical (unpaired) electrons. The van der Waals surface area contributed by atoms with Gasteiger partial charge in [-0.25, -0.2) is 4.98 Å². The van der Waals surface area contributed by atoms with Gasteiger partial charge >= 0.3 is 6.18 Å². The first-order chi connectivity index (χ1) is 22.7. The minimum absolute atomic E-state index is 0.116. The van der Waals surface area contributed by atoms with Crippen molar-refractivity contribution in [1.82, 2.24) is 29.6 Å². The van der Waals surface area contributed by atoms with Crippen LogP contribution in [0.1, 0.15) is 86.3 Å². The number of carbonyl (C=O) groups is 1. The molecule has 47 heavy (non-hydrogen) atoms. The van der Waals surface area contributed by atoms with E-state index in [1.807, 2.05) is 4.90 Å². The number of hydrogen-bond donors (Lipinski definition) is 2. The largest absolute Gasteiger partial charge is 0.421 e. The highest BCUT2D eigenvalue weighted by Gasteiger charge is 2.36. The van der Waals surface area contributed by atoms with Gasteiger partial charge < -0.3 is 25.3 Å². The van der Waals surface area contributed by atoms with Crippen LogP contribution in [-0.2, 0) is 11.0 Å². The van der Waals surface area contributed by atoms with Crippen LogP contribution in [0.5, 0.6) is 0 Å². The van der Waals surface area contributed by atoms with E-state index in [9.17, 15) is 18.0 Å². The molecule has 1 aromatic carbocycles. The maximum atomic E-state index is 13.9. The second-order valence-corrected chi connectivity index (χ2v) is 14.4. The number of halogens is 3. The van der Waals surface area contributed by atoms with Crippen molar-refractivity contribution in [2.75, 3.05) is 76.6 Å². The Labute approximate surface area is 276 Å². The fourth-order valence-electron chi connectivity index (χ4n) is 8.18. The summed E-state index contributed by atoms with van der Waals surface area (Å²) in [5.41, 5.74) is 2.57. The molecule has 5 aliphatic heterocycles. The molecule has 1 aliphatic carbocycles. The molecule has 0 atom stereocenters. The van der Waals surface area contributed by atoms with Crippen LogP contribution in [0, 0.1) is 0 Å². The molecule has 0 unspecified atom stereocenters. The normalized spacial score (nSPS) is 25.3. The SMILES string of the molecule is CN1CCC(N2CCC(c3ccc(Nc4ncc(C(F)(F)F)c(NCCCN5C(=O)CN6CCC5CC6)n4)c(C4CC4)c3)CC2)CC1. The summed E-state index contributed by atoms with van der Waals surface area (Å²) in [7, 11) is 2.21. The van der Waals surface area contributed by atoms with Gasteiger partial charge in [0, 0.05) is 50.1 Å². The van der Waals surface area contributed by atoms with Gasteiger partial charge in [0.15, 0.2) is 0 Å². The van der Waals surface area contributed by atoms with E-state index in [0.717, 1.165) is 76.6 Å². The first kappa shape index (κ1) is 32.6. The van der Waals surface area contributed by atoms with E-state index in [4.69, 9.17) is 0 Å². The first-order valence-electron chi connectivity index (χ1n) is 17.7. The smallest absolute Gasteiger partial charge is 0.369 e. The summed E-state index contributed by atoms with van der Waals surface area (Å²) in [4.78, 5) is 30.4. The van der Waals surface area contributed by atoms with Crippen LogP contribution in [0.2, 0.25) is 0 Å². The van der Waals surface area contributed by atoms with E-state index in [1.54, 1.807) is 0 Å². The van der Waals surface area contributed by atoms with Gasteiger partial charge in [-0.05, 0) is 120 Å². The molecule has 1 amide bonds. The molecule has 8 rings (SSSR count). The number of aromatic nitrogens is 2. The lowest BCUT2D eigenvalue weighted by atomic mass is 9.86. The van der Waals surface area contributed by atoms with E-state index in [0.29, 0.717) is 37.4 Å². The predicted molar refractivity (Wildman–Crippen MR) is 177 cm³/mol. The zero-order valence-corrected chi connectivity index (χ0v) is 27.6. The van der Waals surface area contributed by atoms with Crippen molar-refractivity contribution in [2.24, 2.45) is 0 Å². The van der Waals surface area contributed by atoms with Crippen molar-refractivity contribution in [3.05, 3.63) is 41.1 Å². The number of fused-ring (bicyclic) bond motifs is 4. The lowest BCUT2D eigenvalue weighted by Gasteiger charge is -2.41. The number of amides is 1. The lowest BCUT2D eigenvalue weighted by Crippen LogP contribution is -2.46. The number of rotatable bonds is 10. The van der Waals surface area contributed by atoms with Gasteiger partial charge in [0.1, 0.15) is 11.4 Å². The summed E-state index contributed by atoms with van der Waals surface area (Å²) >= 11 is 0. The van der Waals surface area contributed by atoms with Gasteiger partial charge in [-0.15, -0.1) is 0 Å². The van der Waals surface area contributed by atoms with Gasteiger partial charge in [-0.1, -0.05) is 12.1 Å². The first-order valence-corrected chi connectivity index (χ1v) is 17.7. The molecule has 6 aliphatic rings. The molecular weight excluding hydrogens is 605 g/mol. The second-order valence-electron chi connectivity index (χ2n) is 14.4. The zero-order valence-electron chi connectivity index (χ0n) is 27.6. The van der Waals surface area contributed by atoms with E-state index >= 15 is 0 Å². The number of nitrogens with zero attached hydrogens (tertiary/aromatic N) is 6. The molecule has 6 heterocycles. The molecule has 6 fully saturated rings. The molecule has 12 heteroatoms. The molecular formula is C35H49F3N8O. The number of benzene rings is 1. The summed E-state index contributed by atoms with van der Waals surface area (Å²) < 4.78 is 41.8. The van der Waals surface area contributed by atoms with Crippen LogP contribution in [0.3, 0.4) is 0 Å². The second kappa shape index (κ2) is 13.9. The van der Waals surface area contributed by atoms with Crippen LogP contribution in [0.25, 0.3) is 0 Å². The van der Waals surface area contributed by atoms with Crippen molar-refractivity contribution in [3.8, 4) is 0 Å². The Morgan fingerprint density at radius 3 is 2.32 bits per heavy atom. The van der Waals surface area contributed by atoms with Gasteiger partial charge in [-0.3, -0.25) is 9.69 Å². The predicted octanol–water partition coefficient (Wildman–Crippen LogP) is 5.50. The quantitative estimate of drug-likeness (QED) is 0.326. The highest BCUT2D eigenvalue weighted by atomic mass is 19.4. The van der Waals surface area contributed by atoms with Crippen LogP contribution < -0.4 is 10.6 Å². The minimum atomic E-state index is -4.58. The number of likely N-dealkylation sites (tertiary alicyclic amines) is 2. The fraction of sp³-hybridized carbons (Fsp3) is 0.686. The van der Waals surface area contributed by atoms with E-state index < -0.39 is 11.7 Å². The molecule has 0 spiro atoms. The Morgan fingerprint density at radius 2 is 1.62 bits per heavy atom. The number of hydrogen-bond acceptors (Lipinski definition) is 8. The third-order valence-electron chi connectivity index (χ3n) is 11.2. The van der Waals surface area contributed by atoms with Gasteiger partial charge in [-0.2, -0.15) is 18.2 Å². The van der Waals surface area contributed by atoms with Crippen molar-refractivity contribution < 1.29 is 18.0 Å². The molecule has 2 N–H and O–H groups in total. The molecule has 5 saturated heterocycles. The average molecular weight is 655 g/mol. The topological polar surface area (TPSA) is 79.9 Å². The Balaban J connectivity index is 0.997. The third-order valence-corrected chi connectivity index (χ3v) is 11.2. The Kier molecular flexibility index (Phi) is 9.62. The van der Waals surface area contributed by atoms with Crippen molar-refractivity contribution in [1.29, 1.82) is 0 Å². The average Bonchev–Trinajstić information content (AvgIpc) is 3.93. The summed E-state index contributed by atoms with van der Waals surface area (Å²) in [5.74, 6) is 1.02. The van der Waals surface area contributed by atoms with E-state index in [-0.39, 0.29) is 30.3 Å². The Bertz CT molecular complexity index is 1390. The highest BCUT2D eigenvalue weighted by molar-refractivity contribution is 5.79. The molecule has 1 saturated carbocycles. The van der Waals surface area contributed by atoms with Crippen molar-refractivity contribution >= 4 is 23.4 Å². The van der Waals surface area contributed by atoms with E-state index in [1.165, 1.54) is 37.1 Å². The number of anilines is 3. The zero-order chi connectivity index (χ0) is 32.5. The Morgan fingerprint density at radius 1 is 0.894 bits per heavy atom. The summed E-state index contributed by atoms with van der Waals surface area (Å²) in [6.45, 7) is 7.75. The lowest BCUT2D eigenvalue weighted by molar-refractivity contribution is -0.137. The Hall–Kier alpha value is -2.96. The van der Waals surface area contributed by atoms with Gasteiger partial charge in [0.25, 0.3) is 0 Å². The summed E-state index contributed by atoms with van der Waals surface area (Å²) in [6.07, 6.45) is 5.81. The fourth-order valence-corrected chi connectivity index (χ4v) is 8.18.